The minimum atomic E-state index is -0.407. The molecule has 228 valence electrons. The second-order valence-corrected chi connectivity index (χ2v) is 10.9. The first-order valence-corrected chi connectivity index (χ1v) is 14.3. The van der Waals surface area contributed by atoms with E-state index in [9.17, 15) is 4.79 Å². The van der Waals surface area contributed by atoms with Crippen molar-refractivity contribution in [3.05, 3.63) is 60.8 Å². The molecule has 0 aliphatic rings. The molecule has 0 fully saturated rings. The molecular formula is C32H41FN8O2. The van der Waals surface area contributed by atoms with Crippen molar-refractivity contribution < 1.29 is 13.9 Å². The van der Waals surface area contributed by atoms with Crippen molar-refractivity contribution in [2.45, 2.75) is 33.7 Å². The number of hydrogen-bond donors (Lipinski definition) is 1. The van der Waals surface area contributed by atoms with Gasteiger partial charge in [-0.2, -0.15) is 0 Å². The quantitative estimate of drug-likeness (QED) is 0.207. The number of benzene rings is 2. The molecule has 0 unspecified atom stereocenters. The zero-order chi connectivity index (χ0) is 31.4. The molecule has 43 heavy (non-hydrogen) atoms. The van der Waals surface area contributed by atoms with Gasteiger partial charge in [0.05, 0.1) is 34.9 Å². The highest BCUT2D eigenvalue weighted by Gasteiger charge is 2.21. The fourth-order valence-electron chi connectivity index (χ4n) is 5.00. The van der Waals surface area contributed by atoms with Gasteiger partial charge in [-0.05, 0) is 72.1 Å². The van der Waals surface area contributed by atoms with E-state index in [4.69, 9.17) is 9.72 Å². The average Bonchev–Trinajstić information content (AvgIpc) is 3.32. The molecule has 10 nitrogen and oxygen atoms in total. The summed E-state index contributed by atoms with van der Waals surface area (Å²) in [5.74, 6) is 0.973. The van der Waals surface area contributed by atoms with Gasteiger partial charge in [0.15, 0.2) is 5.82 Å². The lowest BCUT2D eigenvalue weighted by Gasteiger charge is -2.29. The lowest BCUT2D eigenvalue weighted by Crippen LogP contribution is -2.31. The van der Waals surface area contributed by atoms with Crippen LogP contribution in [0.1, 0.15) is 32.6 Å². The summed E-state index contributed by atoms with van der Waals surface area (Å²) in [6.45, 7) is 13.5. The third-order valence-corrected chi connectivity index (χ3v) is 7.18. The minimum Gasteiger partial charge on any atom is -0.492 e. The lowest BCUT2D eigenvalue weighted by atomic mass is 10.1. The molecule has 2 aromatic heterocycles. The predicted molar refractivity (Wildman–Crippen MR) is 172 cm³/mol. The van der Waals surface area contributed by atoms with Crippen LogP contribution in [0.15, 0.2) is 49.2 Å². The molecule has 0 spiro atoms. The third kappa shape index (κ3) is 6.77. The number of nitrogens with one attached hydrogen (secondary N) is 1. The van der Waals surface area contributed by atoms with E-state index in [2.05, 4.69) is 31.7 Å². The zero-order valence-corrected chi connectivity index (χ0v) is 26.3. The summed E-state index contributed by atoms with van der Waals surface area (Å²) in [7, 11) is 7.72. The number of ether oxygens (including phenoxy) is 1. The second-order valence-electron chi connectivity index (χ2n) is 10.9. The summed E-state index contributed by atoms with van der Waals surface area (Å²) in [4.78, 5) is 32.0. The van der Waals surface area contributed by atoms with E-state index in [-0.39, 0.29) is 11.9 Å². The van der Waals surface area contributed by atoms with Crippen LogP contribution in [-0.2, 0) is 4.79 Å². The number of imidazole rings is 1. The highest BCUT2D eigenvalue weighted by molar-refractivity contribution is 6.04. The Morgan fingerprint density at radius 3 is 2.51 bits per heavy atom. The fourth-order valence-corrected chi connectivity index (χ4v) is 5.00. The number of aryl methyl sites for hydroxylation is 1. The number of aromatic nitrogens is 4. The number of carbonyl (C=O) groups excluding carboxylic acids is 1. The molecule has 0 aliphatic carbocycles. The van der Waals surface area contributed by atoms with Crippen LogP contribution in [0, 0.1) is 12.7 Å². The van der Waals surface area contributed by atoms with E-state index in [0.717, 1.165) is 24.6 Å². The second kappa shape index (κ2) is 13.2. The summed E-state index contributed by atoms with van der Waals surface area (Å²) >= 11 is 0. The highest BCUT2D eigenvalue weighted by atomic mass is 19.1. The molecule has 0 atom stereocenters. The molecule has 0 saturated heterocycles. The molecule has 0 saturated carbocycles. The number of likely N-dealkylation sites (N-methyl/N-ethyl adjacent to an activating group) is 3. The fraction of sp³-hybridized carbons (Fsp3) is 0.375. The Morgan fingerprint density at radius 1 is 1.12 bits per heavy atom. The number of amides is 1. The summed E-state index contributed by atoms with van der Waals surface area (Å²) in [6, 6.07) is 8.96. The maximum Gasteiger partial charge on any atom is 0.250 e. The van der Waals surface area contributed by atoms with Gasteiger partial charge in [0.1, 0.15) is 17.1 Å². The summed E-state index contributed by atoms with van der Waals surface area (Å²) in [6.07, 6.45) is 2.90. The molecule has 0 bridgehead atoms. The van der Waals surface area contributed by atoms with Crippen molar-refractivity contribution in [2.75, 3.05) is 63.0 Å². The molecule has 0 radical (unpaired) electrons. The number of rotatable bonds is 12. The molecule has 11 heteroatoms. The number of anilines is 4. The van der Waals surface area contributed by atoms with Crippen molar-refractivity contribution in [2.24, 2.45) is 0 Å². The molecule has 0 aliphatic heterocycles. The van der Waals surface area contributed by atoms with Gasteiger partial charge in [0.25, 0.3) is 0 Å². The van der Waals surface area contributed by atoms with E-state index in [1.54, 1.807) is 24.2 Å². The van der Waals surface area contributed by atoms with Gasteiger partial charge in [0, 0.05) is 51.1 Å². The van der Waals surface area contributed by atoms with Crippen LogP contribution < -0.4 is 19.9 Å². The minimum absolute atomic E-state index is 0.115. The van der Waals surface area contributed by atoms with E-state index < -0.39 is 5.82 Å². The SMILES string of the molecule is C=CC(=O)N(C)c1cc(Nc2nccc(-c3cc(F)c4nc(C)n(C(C)C)c4c3)n2)c(OCC)cc1N(C)CCN(C)C. The van der Waals surface area contributed by atoms with Gasteiger partial charge < -0.3 is 29.3 Å². The Labute approximate surface area is 252 Å². The molecule has 1 N–H and O–H groups in total. The van der Waals surface area contributed by atoms with Crippen LogP contribution in [0.4, 0.5) is 27.4 Å². The van der Waals surface area contributed by atoms with Crippen LogP contribution in [-0.4, -0.2) is 78.2 Å². The molecule has 1 amide bonds. The first-order chi connectivity index (χ1) is 20.4. The number of halogens is 1. The number of hydrogen-bond acceptors (Lipinski definition) is 8. The molecule has 4 rings (SSSR count). The Bertz CT molecular complexity index is 1630. The van der Waals surface area contributed by atoms with E-state index in [1.165, 1.54) is 12.1 Å². The standard InChI is InChI=1S/C32H41FN8O2/c1-10-30(42)40(9)27-18-25(29(43-11-2)19-26(27)39(8)15-14-38(6)7)37-32-34-13-12-24(36-32)22-16-23(33)31-28(17-22)41(20(3)4)21(5)35-31/h10,12-13,16-20H,1,11,14-15H2,2-9H3,(H,34,36,37). The Hall–Kier alpha value is -4.51. The van der Waals surface area contributed by atoms with E-state index in [0.29, 0.717) is 52.0 Å². The Kier molecular flexibility index (Phi) is 9.65. The average molecular weight is 589 g/mol. The number of nitrogens with zero attached hydrogens (tertiary/aromatic N) is 7. The van der Waals surface area contributed by atoms with Gasteiger partial charge in [-0.15, -0.1) is 0 Å². The Balaban J connectivity index is 1.78. The van der Waals surface area contributed by atoms with E-state index in [1.807, 2.05) is 71.6 Å². The summed E-state index contributed by atoms with van der Waals surface area (Å²) in [5.41, 5.74) is 4.27. The molecule has 2 aromatic carbocycles. The third-order valence-electron chi connectivity index (χ3n) is 7.18. The van der Waals surface area contributed by atoms with Gasteiger partial charge in [0.2, 0.25) is 11.9 Å². The van der Waals surface area contributed by atoms with Crippen molar-refractivity contribution in [1.29, 1.82) is 0 Å². The van der Waals surface area contributed by atoms with Crippen LogP contribution in [0.3, 0.4) is 0 Å². The molecular weight excluding hydrogens is 547 g/mol. The molecule has 4 aromatic rings. The van der Waals surface area contributed by atoms with Crippen LogP contribution in [0.5, 0.6) is 5.75 Å². The van der Waals surface area contributed by atoms with Crippen LogP contribution in [0.25, 0.3) is 22.3 Å². The van der Waals surface area contributed by atoms with Crippen molar-refractivity contribution in [3.8, 4) is 17.0 Å². The van der Waals surface area contributed by atoms with Gasteiger partial charge >= 0.3 is 0 Å². The predicted octanol–water partition coefficient (Wildman–Crippen LogP) is 5.81. The van der Waals surface area contributed by atoms with Crippen LogP contribution in [0.2, 0.25) is 0 Å². The number of fused-ring (bicyclic) bond motifs is 1. The van der Waals surface area contributed by atoms with Crippen molar-refractivity contribution in [3.63, 3.8) is 0 Å². The van der Waals surface area contributed by atoms with Gasteiger partial charge in [-0.3, -0.25) is 4.79 Å². The summed E-state index contributed by atoms with van der Waals surface area (Å²) < 4.78 is 23.2. The lowest BCUT2D eigenvalue weighted by molar-refractivity contribution is -0.113. The largest absolute Gasteiger partial charge is 0.492 e. The topological polar surface area (TPSA) is 91.6 Å². The first-order valence-electron chi connectivity index (χ1n) is 14.3. The van der Waals surface area contributed by atoms with Gasteiger partial charge in [-0.1, -0.05) is 6.58 Å². The van der Waals surface area contributed by atoms with Crippen LogP contribution >= 0.6 is 0 Å². The van der Waals surface area contributed by atoms with Gasteiger partial charge in [-0.25, -0.2) is 19.3 Å². The van der Waals surface area contributed by atoms with Crippen molar-refractivity contribution in [1.82, 2.24) is 24.4 Å². The monoisotopic (exact) mass is 588 g/mol. The van der Waals surface area contributed by atoms with Crippen molar-refractivity contribution >= 4 is 40.0 Å². The summed E-state index contributed by atoms with van der Waals surface area (Å²) in [5, 5.41) is 3.27. The zero-order valence-electron chi connectivity index (χ0n) is 26.3. The number of carbonyl (C=O) groups is 1. The normalized spacial score (nSPS) is 11.3. The molecule has 2 heterocycles. The maximum absolute atomic E-state index is 15.2. The first kappa shape index (κ1) is 31.4. The Morgan fingerprint density at radius 2 is 1.86 bits per heavy atom. The highest BCUT2D eigenvalue weighted by Crippen LogP contribution is 2.40. The smallest absolute Gasteiger partial charge is 0.250 e. The maximum atomic E-state index is 15.2. The van der Waals surface area contributed by atoms with E-state index >= 15 is 4.39 Å².